The Morgan fingerprint density at radius 2 is 1.86 bits per heavy atom. The molecule has 21 heavy (non-hydrogen) atoms. The minimum Gasteiger partial charge on any atom is -0.468 e. The quantitative estimate of drug-likeness (QED) is 0.839. The van der Waals surface area contributed by atoms with Crippen LogP contribution in [0, 0.1) is 0 Å². The zero-order valence-electron chi connectivity index (χ0n) is 13.5. The van der Waals surface area contributed by atoms with Crippen molar-refractivity contribution in [3.63, 3.8) is 0 Å². The Bertz CT molecular complexity index is 517. The summed E-state index contributed by atoms with van der Waals surface area (Å²) in [6.07, 6.45) is 2.82. The lowest BCUT2D eigenvalue weighted by Crippen LogP contribution is -2.32. The summed E-state index contributed by atoms with van der Waals surface area (Å²) in [5, 5.41) is 3.60. The van der Waals surface area contributed by atoms with Gasteiger partial charge in [0.05, 0.1) is 12.3 Å². The first kappa shape index (κ1) is 15.8. The van der Waals surface area contributed by atoms with Crippen molar-refractivity contribution >= 4 is 0 Å². The van der Waals surface area contributed by atoms with Gasteiger partial charge in [-0.3, -0.25) is 4.90 Å². The molecule has 2 unspecified atom stereocenters. The molecular formula is C18H26N2O. The molecule has 1 heterocycles. The summed E-state index contributed by atoms with van der Waals surface area (Å²) in [5.74, 6) is 1.00. The van der Waals surface area contributed by atoms with Crippen LogP contribution in [-0.2, 0) is 6.42 Å². The van der Waals surface area contributed by atoms with Gasteiger partial charge in [-0.1, -0.05) is 31.2 Å². The summed E-state index contributed by atoms with van der Waals surface area (Å²) < 4.78 is 5.54. The summed E-state index contributed by atoms with van der Waals surface area (Å²) in [7, 11) is 4.16. The van der Waals surface area contributed by atoms with Gasteiger partial charge < -0.3 is 9.73 Å². The number of aryl methyl sites for hydroxylation is 1. The number of nitrogens with one attached hydrogen (secondary N) is 1. The molecule has 0 fully saturated rings. The van der Waals surface area contributed by atoms with E-state index < -0.39 is 0 Å². The van der Waals surface area contributed by atoms with E-state index in [4.69, 9.17) is 4.42 Å². The van der Waals surface area contributed by atoms with Gasteiger partial charge in [-0.05, 0) is 50.7 Å². The fourth-order valence-electron chi connectivity index (χ4n) is 2.47. The van der Waals surface area contributed by atoms with Crippen molar-refractivity contribution < 1.29 is 4.42 Å². The molecule has 0 saturated heterocycles. The first-order chi connectivity index (χ1) is 10.1. The van der Waals surface area contributed by atoms with Crippen LogP contribution in [0.1, 0.15) is 42.8 Å². The second-order valence-corrected chi connectivity index (χ2v) is 5.72. The lowest BCUT2D eigenvalue weighted by Gasteiger charge is -2.25. The molecule has 0 saturated carbocycles. The number of hydrogen-bond acceptors (Lipinski definition) is 3. The van der Waals surface area contributed by atoms with Gasteiger partial charge >= 0.3 is 0 Å². The van der Waals surface area contributed by atoms with Crippen molar-refractivity contribution in [3.05, 3.63) is 59.5 Å². The van der Waals surface area contributed by atoms with Gasteiger partial charge in [0.1, 0.15) is 5.76 Å². The standard InChI is InChI=1S/C18H26N2O/c1-5-15-8-10-16(11-9-15)14(2)19-13-17(20(3)4)18-7-6-12-21-18/h6-12,14,17,19H,5,13H2,1-4H3. The van der Waals surface area contributed by atoms with E-state index in [1.54, 1.807) is 6.26 Å². The zero-order chi connectivity index (χ0) is 15.2. The molecule has 0 aliphatic rings. The lowest BCUT2D eigenvalue weighted by molar-refractivity contribution is 0.245. The smallest absolute Gasteiger partial charge is 0.122 e. The molecule has 0 amide bonds. The maximum Gasteiger partial charge on any atom is 0.122 e. The molecule has 0 radical (unpaired) electrons. The molecule has 0 aliphatic carbocycles. The van der Waals surface area contributed by atoms with E-state index in [1.807, 2.05) is 12.1 Å². The number of hydrogen-bond donors (Lipinski definition) is 1. The number of benzene rings is 1. The molecule has 0 bridgehead atoms. The highest BCUT2D eigenvalue weighted by Gasteiger charge is 2.17. The fraction of sp³-hybridized carbons (Fsp3) is 0.444. The Labute approximate surface area is 128 Å². The van der Waals surface area contributed by atoms with Crippen molar-refractivity contribution in [2.45, 2.75) is 32.4 Å². The molecule has 2 atom stereocenters. The Hall–Kier alpha value is -1.58. The Morgan fingerprint density at radius 3 is 2.38 bits per heavy atom. The highest BCUT2D eigenvalue weighted by atomic mass is 16.3. The van der Waals surface area contributed by atoms with Crippen molar-refractivity contribution in [1.82, 2.24) is 10.2 Å². The van der Waals surface area contributed by atoms with E-state index in [-0.39, 0.29) is 6.04 Å². The van der Waals surface area contributed by atoms with Crippen LogP contribution in [0.25, 0.3) is 0 Å². The van der Waals surface area contributed by atoms with Gasteiger partial charge in [-0.2, -0.15) is 0 Å². The molecular weight excluding hydrogens is 260 g/mol. The van der Waals surface area contributed by atoms with Crippen LogP contribution < -0.4 is 5.32 Å². The largest absolute Gasteiger partial charge is 0.468 e. The van der Waals surface area contributed by atoms with Crippen molar-refractivity contribution in [3.8, 4) is 0 Å². The predicted molar refractivity (Wildman–Crippen MR) is 87.4 cm³/mol. The van der Waals surface area contributed by atoms with Crippen LogP contribution in [0.5, 0.6) is 0 Å². The first-order valence-electron chi connectivity index (χ1n) is 7.63. The minimum absolute atomic E-state index is 0.248. The van der Waals surface area contributed by atoms with Gasteiger partial charge in [-0.15, -0.1) is 0 Å². The van der Waals surface area contributed by atoms with E-state index in [9.17, 15) is 0 Å². The van der Waals surface area contributed by atoms with Gasteiger partial charge in [0.25, 0.3) is 0 Å². The summed E-state index contributed by atoms with van der Waals surface area (Å²) >= 11 is 0. The van der Waals surface area contributed by atoms with Crippen LogP contribution in [-0.4, -0.2) is 25.5 Å². The average Bonchev–Trinajstić information content (AvgIpc) is 3.01. The van der Waals surface area contributed by atoms with Crippen LogP contribution in [0.3, 0.4) is 0 Å². The molecule has 1 aromatic heterocycles. The van der Waals surface area contributed by atoms with Crippen LogP contribution in [0.4, 0.5) is 0 Å². The van der Waals surface area contributed by atoms with E-state index >= 15 is 0 Å². The highest BCUT2D eigenvalue weighted by Crippen LogP contribution is 2.20. The van der Waals surface area contributed by atoms with Gasteiger partial charge in [0, 0.05) is 12.6 Å². The monoisotopic (exact) mass is 286 g/mol. The summed E-state index contributed by atoms with van der Waals surface area (Å²) in [6, 6.07) is 13.4. The maximum atomic E-state index is 5.54. The fourth-order valence-corrected chi connectivity index (χ4v) is 2.47. The Morgan fingerprint density at radius 1 is 1.14 bits per heavy atom. The maximum absolute atomic E-state index is 5.54. The Kier molecular flexibility index (Phi) is 5.59. The van der Waals surface area contributed by atoms with Crippen LogP contribution in [0.15, 0.2) is 47.1 Å². The molecule has 3 heteroatoms. The average molecular weight is 286 g/mol. The molecule has 0 spiro atoms. The summed E-state index contributed by atoms with van der Waals surface area (Å²) in [5.41, 5.74) is 2.71. The van der Waals surface area contributed by atoms with E-state index in [1.165, 1.54) is 11.1 Å². The predicted octanol–water partition coefficient (Wildman–Crippen LogP) is 3.80. The second-order valence-electron chi connectivity index (χ2n) is 5.72. The normalized spacial score (nSPS) is 14.3. The third-order valence-electron chi connectivity index (χ3n) is 4.00. The van der Waals surface area contributed by atoms with E-state index in [0.29, 0.717) is 6.04 Å². The molecule has 3 nitrogen and oxygen atoms in total. The highest BCUT2D eigenvalue weighted by molar-refractivity contribution is 5.24. The SMILES string of the molecule is CCc1ccc(C(C)NCC(c2ccco2)N(C)C)cc1. The van der Waals surface area contributed by atoms with E-state index in [0.717, 1.165) is 18.7 Å². The first-order valence-corrected chi connectivity index (χ1v) is 7.63. The van der Waals surface area contributed by atoms with Gasteiger partial charge in [0.15, 0.2) is 0 Å². The van der Waals surface area contributed by atoms with Gasteiger partial charge in [0.2, 0.25) is 0 Å². The third-order valence-corrected chi connectivity index (χ3v) is 4.00. The van der Waals surface area contributed by atoms with Crippen molar-refractivity contribution in [1.29, 1.82) is 0 Å². The molecule has 2 rings (SSSR count). The third kappa shape index (κ3) is 4.19. The summed E-state index contributed by atoms with van der Waals surface area (Å²) in [4.78, 5) is 2.18. The van der Waals surface area contributed by atoms with Gasteiger partial charge in [-0.25, -0.2) is 0 Å². The van der Waals surface area contributed by atoms with Crippen LogP contribution >= 0.6 is 0 Å². The topological polar surface area (TPSA) is 28.4 Å². The molecule has 114 valence electrons. The van der Waals surface area contributed by atoms with E-state index in [2.05, 4.69) is 62.4 Å². The van der Waals surface area contributed by atoms with Crippen molar-refractivity contribution in [2.75, 3.05) is 20.6 Å². The number of nitrogens with zero attached hydrogens (tertiary/aromatic N) is 1. The molecule has 1 aromatic carbocycles. The molecule has 1 N–H and O–H groups in total. The second kappa shape index (κ2) is 7.43. The number of furan rings is 1. The van der Waals surface area contributed by atoms with Crippen molar-refractivity contribution in [2.24, 2.45) is 0 Å². The lowest BCUT2D eigenvalue weighted by atomic mass is 10.0. The minimum atomic E-state index is 0.248. The number of likely N-dealkylation sites (N-methyl/N-ethyl adjacent to an activating group) is 1. The number of rotatable bonds is 7. The zero-order valence-corrected chi connectivity index (χ0v) is 13.5. The molecule has 0 aliphatic heterocycles. The molecule has 2 aromatic rings. The Balaban J connectivity index is 1.96. The van der Waals surface area contributed by atoms with Crippen LogP contribution in [0.2, 0.25) is 0 Å². The summed E-state index contributed by atoms with van der Waals surface area (Å²) in [6.45, 7) is 5.24.